The molecule has 1 saturated carbocycles. The summed E-state index contributed by atoms with van der Waals surface area (Å²) in [4.78, 5) is 0. The molecule has 1 aliphatic heterocycles. The molecule has 1 aromatic carbocycles. The average molecular weight is 234 g/mol. The topological polar surface area (TPSA) is 53.7 Å². The summed E-state index contributed by atoms with van der Waals surface area (Å²) in [5, 5.41) is 5.54. The van der Waals surface area contributed by atoms with Crippen LogP contribution in [-0.2, 0) is 0 Å². The van der Waals surface area contributed by atoms with Gasteiger partial charge in [0.2, 0.25) is 0 Å². The number of amidine groups is 1. The molecule has 5 heteroatoms. The minimum atomic E-state index is 0.454. The van der Waals surface area contributed by atoms with Gasteiger partial charge in [-0.3, -0.25) is 5.01 Å². The predicted octanol–water partition coefficient (Wildman–Crippen LogP) is 1.81. The molecule has 0 bridgehead atoms. The molecule has 1 unspecified atom stereocenters. The summed E-state index contributed by atoms with van der Waals surface area (Å²) in [6, 6.07) is 6.76. The normalized spacial score (nSPS) is 21.6. The standard InChI is InChI=1S/C11H15N4P/c1-7-6-8(2-5-10(7)12)11-13-16-14-15(11)9-3-4-9/h2,5-6,9,14,16H,3-4,12H2,1H3. The third-order valence-corrected chi connectivity index (χ3v) is 3.66. The Morgan fingerprint density at radius 3 is 3.00 bits per heavy atom. The largest absolute Gasteiger partial charge is 0.399 e. The maximum atomic E-state index is 5.83. The molecule has 0 radical (unpaired) electrons. The lowest BCUT2D eigenvalue weighted by atomic mass is 10.1. The lowest BCUT2D eigenvalue weighted by molar-refractivity contribution is 0.395. The molecule has 84 valence electrons. The van der Waals surface area contributed by atoms with Gasteiger partial charge in [-0.25, -0.2) is 4.76 Å². The zero-order valence-electron chi connectivity index (χ0n) is 9.20. The number of benzene rings is 1. The molecule has 2 aliphatic rings. The van der Waals surface area contributed by atoms with Crippen molar-refractivity contribution in [1.29, 1.82) is 0 Å². The highest BCUT2D eigenvalue weighted by atomic mass is 31.1. The second-order valence-corrected chi connectivity index (χ2v) is 5.00. The van der Waals surface area contributed by atoms with Gasteiger partial charge in [0, 0.05) is 17.3 Å². The van der Waals surface area contributed by atoms with Crippen molar-refractivity contribution in [2.24, 2.45) is 4.76 Å². The minimum absolute atomic E-state index is 0.454. The average Bonchev–Trinajstić information content (AvgIpc) is 3.01. The summed E-state index contributed by atoms with van der Waals surface area (Å²) < 4.78 is 4.54. The lowest BCUT2D eigenvalue weighted by Crippen LogP contribution is -2.36. The number of rotatable bonds is 2. The second-order valence-electron chi connectivity index (χ2n) is 4.33. The maximum absolute atomic E-state index is 5.83. The molecular formula is C11H15N4P. The van der Waals surface area contributed by atoms with Crippen LogP contribution in [-0.4, -0.2) is 16.9 Å². The fraction of sp³-hybridized carbons (Fsp3) is 0.364. The van der Waals surface area contributed by atoms with E-state index in [1.165, 1.54) is 12.8 Å². The molecule has 1 aromatic rings. The molecule has 1 fully saturated rings. The Bertz CT molecular complexity index is 453. The van der Waals surface area contributed by atoms with E-state index >= 15 is 0 Å². The van der Waals surface area contributed by atoms with Gasteiger partial charge in [-0.1, -0.05) is 0 Å². The maximum Gasteiger partial charge on any atom is 0.150 e. The van der Waals surface area contributed by atoms with E-state index in [1.54, 1.807) is 0 Å². The van der Waals surface area contributed by atoms with Crippen LogP contribution in [0, 0.1) is 6.92 Å². The van der Waals surface area contributed by atoms with Crippen molar-refractivity contribution >= 4 is 20.4 Å². The van der Waals surface area contributed by atoms with Crippen LogP contribution in [0.4, 0.5) is 5.69 Å². The van der Waals surface area contributed by atoms with Crippen molar-refractivity contribution in [2.45, 2.75) is 25.8 Å². The zero-order chi connectivity index (χ0) is 11.1. The van der Waals surface area contributed by atoms with E-state index in [0.717, 1.165) is 22.6 Å². The van der Waals surface area contributed by atoms with Gasteiger partial charge in [-0.2, -0.15) is 5.20 Å². The molecule has 0 aromatic heterocycles. The zero-order valence-corrected chi connectivity index (χ0v) is 10.2. The Hall–Kier alpha value is -1.12. The molecule has 3 rings (SSSR count). The molecule has 1 aliphatic carbocycles. The Morgan fingerprint density at radius 2 is 2.31 bits per heavy atom. The molecule has 0 spiro atoms. The highest BCUT2D eigenvalue weighted by molar-refractivity contribution is 7.34. The van der Waals surface area contributed by atoms with Gasteiger partial charge in [0.15, 0.2) is 5.84 Å². The van der Waals surface area contributed by atoms with E-state index < -0.39 is 0 Å². The highest BCUT2D eigenvalue weighted by Gasteiger charge is 2.34. The van der Waals surface area contributed by atoms with Crippen LogP contribution in [0.2, 0.25) is 0 Å². The Balaban J connectivity index is 1.93. The van der Waals surface area contributed by atoms with Gasteiger partial charge in [-0.15, -0.1) is 0 Å². The summed E-state index contributed by atoms with van der Waals surface area (Å²) in [6.07, 6.45) is 2.54. The molecule has 0 saturated heterocycles. The van der Waals surface area contributed by atoms with Crippen molar-refractivity contribution < 1.29 is 0 Å². The van der Waals surface area contributed by atoms with Gasteiger partial charge < -0.3 is 5.73 Å². The molecule has 4 nitrogen and oxygen atoms in total. The van der Waals surface area contributed by atoms with Gasteiger partial charge in [0.1, 0.15) is 0 Å². The molecule has 3 N–H and O–H groups in total. The lowest BCUT2D eigenvalue weighted by Gasteiger charge is -2.19. The van der Waals surface area contributed by atoms with Crippen LogP contribution >= 0.6 is 8.88 Å². The van der Waals surface area contributed by atoms with Gasteiger partial charge in [0.05, 0.1) is 8.88 Å². The van der Waals surface area contributed by atoms with E-state index in [9.17, 15) is 0 Å². The molecule has 16 heavy (non-hydrogen) atoms. The first-order valence-corrected chi connectivity index (χ1v) is 6.44. The summed E-state index contributed by atoms with van der Waals surface area (Å²) >= 11 is 0. The Morgan fingerprint density at radius 1 is 1.50 bits per heavy atom. The number of hydrazine groups is 1. The van der Waals surface area contributed by atoms with Crippen LogP contribution in [0.5, 0.6) is 0 Å². The minimum Gasteiger partial charge on any atom is -0.399 e. The molecule has 1 atom stereocenters. The first-order chi connectivity index (χ1) is 7.75. The van der Waals surface area contributed by atoms with E-state index in [-0.39, 0.29) is 0 Å². The summed E-state index contributed by atoms with van der Waals surface area (Å²) in [5.41, 5.74) is 8.95. The summed E-state index contributed by atoms with van der Waals surface area (Å²) in [7, 11) is 0.454. The van der Waals surface area contributed by atoms with E-state index in [1.807, 2.05) is 19.1 Å². The molecular weight excluding hydrogens is 219 g/mol. The highest BCUT2D eigenvalue weighted by Crippen LogP contribution is 2.33. The van der Waals surface area contributed by atoms with E-state index in [2.05, 4.69) is 21.0 Å². The van der Waals surface area contributed by atoms with Crippen molar-refractivity contribution in [2.75, 3.05) is 5.73 Å². The van der Waals surface area contributed by atoms with Crippen LogP contribution in [0.3, 0.4) is 0 Å². The van der Waals surface area contributed by atoms with Crippen molar-refractivity contribution in [1.82, 2.24) is 10.2 Å². The summed E-state index contributed by atoms with van der Waals surface area (Å²) in [6.45, 7) is 2.03. The fourth-order valence-electron chi connectivity index (χ4n) is 1.85. The monoisotopic (exact) mass is 234 g/mol. The third kappa shape index (κ3) is 1.68. The van der Waals surface area contributed by atoms with Crippen LogP contribution in [0.25, 0.3) is 0 Å². The first-order valence-electron chi connectivity index (χ1n) is 5.50. The fourth-order valence-corrected chi connectivity index (χ4v) is 2.64. The molecule has 0 amide bonds. The number of nitrogens with one attached hydrogen (secondary N) is 1. The summed E-state index contributed by atoms with van der Waals surface area (Å²) in [5.74, 6) is 1.07. The second kappa shape index (κ2) is 3.72. The molecule has 1 heterocycles. The number of hydrogen-bond acceptors (Lipinski definition) is 4. The third-order valence-electron chi connectivity index (χ3n) is 3.00. The van der Waals surface area contributed by atoms with Crippen LogP contribution < -0.4 is 10.9 Å². The Kier molecular flexibility index (Phi) is 2.34. The van der Waals surface area contributed by atoms with Crippen LogP contribution in [0.15, 0.2) is 23.0 Å². The quantitative estimate of drug-likeness (QED) is 0.606. The number of anilines is 1. The Labute approximate surface area is 96.8 Å². The first kappa shape index (κ1) is 10.1. The van der Waals surface area contributed by atoms with E-state index in [4.69, 9.17) is 5.73 Å². The smallest absolute Gasteiger partial charge is 0.150 e. The number of hydrogen-bond donors (Lipinski definition) is 2. The van der Waals surface area contributed by atoms with Gasteiger partial charge in [-0.05, 0) is 43.5 Å². The van der Waals surface area contributed by atoms with Crippen LogP contribution in [0.1, 0.15) is 24.0 Å². The van der Waals surface area contributed by atoms with Crippen molar-refractivity contribution in [3.05, 3.63) is 29.3 Å². The van der Waals surface area contributed by atoms with Gasteiger partial charge in [0.25, 0.3) is 0 Å². The SMILES string of the molecule is Cc1cc(C2=NPNN2C2CC2)ccc1N. The predicted molar refractivity (Wildman–Crippen MR) is 68.4 cm³/mol. The number of aryl methyl sites for hydroxylation is 1. The number of nitrogen functional groups attached to an aromatic ring is 1. The van der Waals surface area contributed by atoms with Crippen molar-refractivity contribution in [3.63, 3.8) is 0 Å². The number of nitrogens with zero attached hydrogens (tertiary/aromatic N) is 2. The van der Waals surface area contributed by atoms with Crippen molar-refractivity contribution in [3.8, 4) is 0 Å². The van der Waals surface area contributed by atoms with E-state index in [0.29, 0.717) is 14.9 Å². The van der Waals surface area contributed by atoms with Gasteiger partial charge >= 0.3 is 0 Å². The number of nitrogens with two attached hydrogens (primary N) is 1.